The molecule has 2 aromatic rings. The van der Waals surface area contributed by atoms with Crippen molar-refractivity contribution in [1.82, 2.24) is 4.90 Å². The van der Waals surface area contributed by atoms with E-state index in [4.69, 9.17) is 39.5 Å². The largest absolute Gasteiger partial charge is 0.487 e. The highest BCUT2D eigenvalue weighted by Crippen LogP contribution is 2.54. The van der Waals surface area contributed by atoms with E-state index in [1.54, 1.807) is 12.1 Å². The van der Waals surface area contributed by atoms with Gasteiger partial charge >= 0.3 is 0 Å². The van der Waals surface area contributed by atoms with Gasteiger partial charge in [0.05, 0.1) is 15.1 Å². The van der Waals surface area contributed by atoms with Crippen molar-refractivity contribution in [1.29, 1.82) is 0 Å². The highest BCUT2D eigenvalue weighted by Gasteiger charge is 2.48. The number of carbonyl (C=O) groups excluding carboxylic acids is 2. The van der Waals surface area contributed by atoms with E-state index in [1.165, 1.54) is 0 Å². The Kier molecular flexibility index (Phi) is 6.99. The zero-order valence-corrected chi connectivity index (χ0v) is 24.7. The second kappa shape index (κ2) is 9.73. The molecular formula is C31H32Cl3NO3. The Morgan fingerprint density at radius 1 is 0.789 bits per heavy atom. The summed E-state index contributed by atoms with van der Waals surface area (Å²) >= 11 is 18.9. The maximum absolute atomic E-state index is 13.6. The van der Waals surface area contributed by atoms with Crippen LogP contribution in [-0.4, -0.2) is 23.5 Å². The SMILES string of the molecule is CN1C2=C(C(=O)CC(C)(C)C2)C(c2ccc(OCc3ccc(Cl)c(Cl)c3)c(Cl)c2)C2=C1CC(C)(C)CC2=O. The van der Waals surface area contributed by atoms with E-state index in [9.17, 15) is 9.59 Å². The zero-order valence-electron chi connectivity index (χ0n) is 22.4. The fourth-order valence-corrected chi connectivity index (χ4v) is 6.67. The van der Waals surface area contributed by atoms with E-state index in [0.717, 1.165) is 46.5 Å². The van der Waals surface area contributed by atoms with Gasteiger partial charge in [-0.15, -0.1) is 0 Å². The van der Waals surface area contributed by atoms with Crippen LogP contribution in [0.15, 0.2) is 58.9 Å². The maximum Gasteiger partial charge on any atom is 0.162 e. The van der Waals surface area contributed by atoms with Gasteiger partial charge in [-0.3, -0.25) is 9.59 Å². The third kappa shape index (κ3) is 5.03. The van der Waals surface area contributed by atoms with Crippen LogP contribution in [0.2, 0.25) is 15.1 Å². The number of halogens is 3. The van der Waals surface area contributed by atoms with E-state index < -0.39 is 5.92 Å². The summed E-state index contributed by atoms with van der Waals surface area (Å²) in [5, 5.41) is 1.38. The molecule has 0 atom stereocenters. The third-order valence-corrected chi connectivity index (χ3v) is 8.88. The Labute approximate surface area is 239 Å². The first kappa shape index (κ1) is 27.3. The first-order valence-corrected chi connectivity index (χ1v) is 14.0. The van der Waals surface area contributed by atoms with Gasteiger partial charge in [0.15, 0.2) is 11.6 Å². The molecule has 200 valence electrons. The number of Topliss-reactive ketones (excluding diaryl/α,β-unsaturated/α-hetero) is 2. The van der Waals surface area contributed by atoms with E-state index in [0.29, 0.717) is 33.7 Å². The van der Waals surface area contributed by atoms with Crippen LogP contribution >= 0.6 is 34.8 Å². The molecule has 3 aliphatic rings. The molecule has 0 fully saturated rings. The van der Waals surface area contributed by atoms with Gasteiger partial charge < -0.3 is 9.64 Å². The quantitative estimate of drug-likeness (QED) is 0.368. The molecular weight excluding hydrogens is 541 g/mol. The lowest BCUT2D eigenvalue weighted by Crippen LogP contribution is -2.43. The van der Waals surface area contributed by atoms with Crippen molar-refractivity contribution in [2.45, 2.75) is 65.9 Å². The summed E-state index contributed by atoms with van der Waals surface area (Å²) in [4.78, 5) is 29.4. The number of ether oxygens (including phenoxy) is 1. The number of allylic oxidation sites excluding steroid dienone is 4. The Bertz CT molecular complexity index is 1370. The number of benzene rings is 2. The molecule has 0 spiro atoms. The number of hydrogen-bond donors (Lipinski definition) is 0. The van der Waals surface area contributed by atoms with Gasteiger partial charge in [0.25, 0.3) is 0 Å². The van der Waals surface area contributed by atoms with Crippen molar-refractivity contribution >= 4 is 46.4 Å². The van der Waals surface area contributed by atoms with E-state index >= 15 is 0 Å². The summed E-state index contributed by atoms with van der Waals surface area (Å²) in [6.07, 6.45) is 2.48. The molecule has 2 aromatic carbocycles. The molecule has 0 unspecified atom stereocenters. The summed E-state index contributed by atoms with van der Waals surface area (Å²) in [7, 11) is 2.01. The monoisotopic (exact) mass is 571 g/mol. The summed E-state index contributed by atoms with van der Waals surface area (Å²) in [6, 6.07) is 10.9. The first-order chi connectivity index (χ1) is 17.8. The van der Waals surface area contributed by atoms with Crippen LogP contribution < -0.4 is 4.74 Å². The van der Waals surface area contributed by atoms with Crippen LogP contribution in [0.25, 0.3) is 0 Å². The smallest absolute Gasteiger partial charge is 0.162 e. The molecule has 0 bridgehead atoms. The van der Waals surface area contributed by atoms with Crippen molar-refractivity contribution in [3.05, 3.63) is 85.1 Å². The molecule has 7 heteroatoms. The normalized spacial score (nSPS) is 21.0. The Hall–Kier alpha value is -2.27. The third-order valence-electron chi connectivity index (χ3n) is 7.85. The van der Waals surface area contributed by atoms with Gasteiger partial charge in [-0.25, -0.2) is 0 Å². The van der Waals surface area contributed by atoms with Crippen LogP contribution in [0.3, 0.4) is 0 Å². The van der Waals surface area contributed by atoms with E-state index in [1.807, 2.05) is 31.3 Å². The average molecular weight is 573 g/mol. The van der Waals surface area contributed by atoms with Crippen molar-refractivity contribution in [2.75, 3.05) is 7.05 Å². The van der Waals surface area contributed by atoms with Crippen molar-refractivity contribution in [2.24, 2.45) is 10.8 Å². The summed E-state index contributed by atoms with van der Waals surface area (Å²) in [6.45, 7) is 8.81. The van der Waals surface area contributed by atoms with Gasteiger partial charge in [0, 0.05) is 48.3 Å². The summed E-state index contributed by atoms with van der Waals surface area (Å²) < 4.78 is 5.99. The van der Waals surface area contributed by atoms with Crippen LogP contribution in [0.5, 0.6) is 5.75 Å². The predicted octanol–water partition coefficient (Wildman–Crippen LogP) is 8.54. The fraction of sp³-hybridized carbons (Fsp3) is 0.419. The van der Waals surface area contributed by atoms with Crippen LogP contribution in [0, 0.1) is 10.8 Å². The second-order valence-corrected chi connectivity index (χ2v) is 13.5. The van der Waals surface area contributed by atoms with Crippen molar-refractivity contribution in [3.63, 3.8) is 0 Å². The molecule has 38 heavy (non-hydrogen) atoms. The minimum atomic E-state index is -0.426. The van der Waals surface area contributed by atoms with Crippen molar-refractivity contribution < 1.29 is 14.3 Å². The lowest BCUT2D eigenvalue weighted by Gasteiger charge is -2.47. The Morgan fingerprint density at radius 2 is 1.37 bits per heavy atom. The van der Waals surface area contributed by atoms with Gasteiger partial charge in [-0.1, -0.05) is 74.6 Å². The lowest BCUT2D eigenvalue weighted by molar-refractivity contribution is -0.119. The number of ketones is 2. The molecule has 1 aliphatic heterocycles. The minimum Gasteiger partial charge on any atom is -0.487 e. The fourth-order valence-electron chi connectivity index (χ4n) is 6.10. The summed E-state index contributed by atoms with van der Waals surface area (Å²) in [5.41, 5.74) is 4.95. The molecule has 0 N–H and O–H groups in total. The highest BCUT2D eigenvalue weighted by atomic mass is 35.5. The Morgan fingerprint density at radius 3 is 1.89 bits per heavy atom. The van der Waals surface area contributed by atoms with Gasteiger partial charge in [-0.05, 0) is 59.1 Å². The molecule has 0 saturated carbocycles. The molecule has 4 nitrogen and oxygen atoms in total. The second-order valence-electron chi connectivity index (χ2n) is 12.3. The van der Waals surface area contributed by atoms with Gasteiger partial charge in [0.1, 0.15) is 12.4 Å². The van der Waals surface area contributed by atoms with Gasteiger partial charge in [0.2, 0.25) is 0 Å². The molecule has 2 aliphatic carbocycles. The first-order valence-electron chi connectivity index (χ1n) is 12.9. The van der Waals surface area contributed by atoms with Crippen LogP contribution in [0.1, 0.15) is 70.4 Å². The molecule has 0 radical (unpaired) electrons. The maximum atomic E-state index is 13.6. The topological polar surface area (TPSA) is 46.6 Å². The number of hydrogen-bond acceptors (Lipinski definition) is 4. The predicted molar refractivity (Wildman–Crippen MR) is 153 cm³/mol. The molecule has 0 amide bonds. The standard InChI is InChI=1S/C31H32Cl3NO3/c1-30(2)12-22-28(24(36)14-30)27(29-23(35(22)5)13-31(3,4)15-25(29)37)18-7-9-26(21(34)11-18)38-16-17-6-8-19(32)20(33)10-17/h6-11,27H,12-16H2,1-5H3. The van der Waals surface area contributed by atoms with E-state index in [2.05, 4.69) is 32.6 Å². The average Bonchev–Trinajstić information content (AvgIpc) is 2.80. The number of carbonyl (C=O) groups is 2. The lowest BCUT2D eigenvalue weighted by atomic mass is 9.64. The molecule has 1 heterocycles. The van der Waals surface area contributed by atoms with Crippen LogP contribution in [-0.2, 0) is 16.2 Å². The highest BCUT2D eigenvalue weighted by molar-refractivity contribution is 6.42. The van der Waals surface area contributed by atoms with Crippen molar-refractivity contribution in [3.8, 4) is 5.75 Å². The number of rotatable bonds is 4. The zero-order chi connectivity index (χ0) is 27.6. The van der Waals surface area contributed by atoms with Crippen LogP contribution in [0.4, 0.5) is 0 Å². The minimum absolute atomic E-state index is 0.105. The molecule has 0 aromatic heterocycles. The van der Waals surface area contributed by atoms with Gasteiger partial charge in [-0.2, -0.15) is 0 Å². The molecule has 5 rings (SSSR count). The Balaban J connectivity index is 1.55. The molecule has 0 saturated heterocycles. The number of nitrogens with zero attached hydrogens (tertiary/aromatic N) is 1. The summed E-state index contributed by atoms with van der Waals surface area (Å²) in [5.74, 6) is 0.303. The van der Waals surface area contributed by atoms with E-state index in [-0.39, 0.29) is 29.0 Å².